The first-order chi connectivity index (χ1) is 14.2. The second kappa shape index (κ2) is 8.77. The van der Waals surface area contributed by atoms with E-state index in [1.807, 2.05) is 6.92 Å². The van der Waals surface area contributed by atoms with Gasteiger partial charge in [-0.1, -0.05) is 29.3 Å². The number of methoxy groups -OCH3 is 1. The Kier molecular flexibility index (Phi) is 6.34. The van der Waals surface area contributed by atoms with Gasteiger partial charge in [0.2, 0.25) is 0 Å². The summed E-state index contributed by atoms with van der Waals surface area (Å²) in [4.78, 5) is 12.7. The average Bonchev–Trinajstić information content (AvgIpc) is 2.70. The highest BCUT2D eigenvalue weighted by molar-refractivity contribution is 7.92. The van der Waals surface area contributed by atoms with E-state index in [0.29, 0.717) is 33.3 Å². The number of benzene rings is 3. The van der Waals surface area contributed by atoms with Gasteiger partial charge in [0.05, 0.1) is 22.7 Å². The second-order valence-corrected chi connectivity index (χ2v) is 8.84. The van der Waals surface area contributed by atoms with E-state index in [2.05, 4.69) is 10.0 Å². The first kappa shape index (κ1) is 21.7. The number of carbonyl (C=O) groups is 1. The number of ether oxygens (including phenoxy) is 1. The molecule has 0 heterocycles. The minimum absolute atomic E-state index is 0.172. The Labute approximate surface area is 180 Å². The highest BCUT2D eigenvalue weighted by Gasteiger charge is 2.16. The average molecular weight is 445 g/mol. The minimum atomic E-state index is -3.72. The summed E-state index contributed by atoms with van der Waals surface area (Å²) in [5.74, 6) is 0.169. The van der Waals surface area contributed by atoms with Crippen LogP contribution in [-0.4, -0.2) is 21.4 Å². The van der Waals surface area contributed by atoms with Crippen LogP contribution in [0.2, 0.25) is 5.02 Å². The monoisotopic (exact) mass is 444 g/mol. The zero-order chi connectivity index (χ0) is 21.9. The molecular formula is C22H21ClN2O4S. The van der Waals surface area contributed by atoms with E-state index in [1.165, 1.54) is 7.11 Å². The third-order valence-electron chi connectivity index (χ3n) is 4.47. The van der Waals surface area contributed by atoms with Crippen molar-refractivity contribution in [3.8, 4) is 5.75 Å². The van der Waals surface area contributed by atoms with Crippen molar-refractivity contribution < 1.29 is 17.9 Å². The molecule has 3 aromatic carbocycles. The molecular weight excluding hydrogens is 424 g/mol. The van der Waals surface area contributed by atoms with Crippen molar-refractivity contribution in [2.75, 3.05) is 17.1 Å². The van der Waals surface area contributed by atoms with Gasteiger partial charge in [-0.25, -0.2) is 8.42 Å². The molecule has 2 N–H and O–H groups in total. The van der Waals surface area contributed by atoms with E-state index in [0.717, 1.165) is 5.56 Å². The van der Waals surface area contributed by atoms with E-state index in [4.69, 9.17) is 16.3 Å². The first-order valence-corrected chi connectivity index (χ1v) is 10.9. The van der Waals surface area contributed by atoms with Gasteiger partial charge in [0.1, 0.15) is 5.75 Å². The maximum Gasteiger partial charge on any atom is 0.261 e. The summed E-state index contributed by atoms with van der Waals surface area (Å²) >= 11 is 6.08. The van der Waals surface area contributed by atoms with Gasteiger partial charge in [-0.15, -0.1) is 0 Å². The highest BCUT2D eigenvalue weighted by atomic mass is 35.5. The summed E-state index contributed by atoms with van der Waals surface area (Å²) in [6.45, 7) is 3.62. The third-order valence-corrected chi connectivity index (χ3v) is 6.15. The molecule has 0 bridgehead atoms. The number of amides is 1. The molecule has 3 aromatic rings. The van der Waals surface area contributed by atoms with Gasteiger partial charge in [-0.2, -0.15) is 0 Å². The van der Waals surface area contributed by atoms with Crippen LogP contribution in [0.4, 0.5) is 11.4 Å². The minimum Gasteiger partial charge on any atom is -0.495 e. The number of halogens is 1. The molecule has 0 unspecified atom stereocenters. The van der Waals surface area contributed by atoms with E-state index in [9.17, 15) is 13.2 Å². The molecule has 3 rings (SSSR count). The molecule has 1 amide bonds. The zero-order valence-electron chi connectivity index (χ0n) is 16.7. The van der Waals surface area contributed by atoms with Crippen molar-refractivity contribution in [1.82, 2.24) is 0 Å². The van der Waals surface area contributed by atoms with Gasteiger partial charge in [-0.3, -0.25) is 9.52 Å². The van der Waals surface area contributed by atoms with Crippen molar-refractivity contribution in [3.63, 3.8) is 0 Å². The maximum absolute atomic E-state index is 12.6. The Bertz CT molecular complexity index is 1190. The molecule has 0 fully saturated rings. The number of rotatable bonds is 6. The van der Waals surface area contributed by atoms with Gasteiger partial charge < -0.3 is 10.1 Å². The van der Waals surface area contributed by atoms with Crippen LogP contribution in [0.1, 0.15) is 21.5 Å². The molecule has 0 aliphatic heterocycles. The van der Waals surface area contributed by atoms with E-state index >= 15 is 0 Å². The van der Waals surface area contributed by atoms with Crippen LogP contribution in [-0.2, 0) is 10.0 Å². The summed E-state index contributed by atoms with van der Waals surface area (Å²) in [6, 6.07) is 16.2. The fourth-order valence-corrected chi connectivity index (χ4v) is 4.18. The standard InChI is InChI=1S/C22H21ClN2O4S/c1-14-4-8-18(9-5-14)30(27,28)25-20-10-6-16(12-15(20)2)22(26)24-17-7-11-21(29-3)19(23)13-17/h4-13,25H,1-3H3,(H,24,26). The lowest BCUT2D eigenvalue weighted by Gasteiger charge is -2.13. The number of sulfonamides is 1. The zero-order valence-corrected chi connectivity index (χ0v) is 18.3. The predicted molar refractivity (Wildman–Crippen MR) is 119 cm³/mol. The second-order valence-electron chi connectivity index (χ2n) is 6.75. The van der Waals surface area contributed by atoms with Crippen molar-refractivity contribution >= 4 is 38.9 Å². The fourth-order valence-electron chi connectivity index (χ4n) is 2.79. The van der Waals surface area contributed by atoms with Gasteiger partial charge in [0.15, 0.2) is 0 Å². The van der Waals surface area contributed by atoms with Crippen molar-refractivity contribution in [2.45, 2.75) is 18.7 Å². The Morgan fingerprint density at radius 2 is 1.67 bits per heavy atom. The van der Waals surface area contributed by atoms with Gasteiger partial charge in [0.25, 0.3) is 15.9 Å². The molecule has 156 valence electrons. The molecule has 0 aliphatic carbocycles. The summed E-state index contributed by atoms with van der Waals surface area (Å²) in [6.07, 6.45) is 0. The summed E-state index contributed by atoms with van der Waals surface area (Å²) < 4.78 is 32.9. The normalized spacial score (nSPS) is 11.1. The topological polar surface area (TPSA) is 84.5 Å². The number of aryl methyl sites for hydroxylation is 2. The first-order valence-electron chi connectivity index (χ1n) is 9.04. The molecule has 0 spiro atoms. The molecule has 6 nitrogen and oxygen atoms in total. The molecule has 0 radical (unpaired) electrons. The van der Waals surface area contributed by atoms with Crippen LogP contribution in [0.5, 0.6) is 5.75 Å². The SMILES string of the molecule is COc1ccc(NC(=O)c2ccc(NS(=O)(=O)c3ccc(C)cc3)c(C)c2)cc1Cl. The number of carbonyl (C=O) groups excluding carboxylic acids is 1. The van der Waals surface area contributed by atoms with Crippen molar-refractivity contribution in [1.29, 1.82) is 0 Å². The highest BCUT2D eigenvalue weighted by Crippen LogP contribution is 2.28. The maximum atomic E-state index is 12.6. The van der Waals surface area contributed by atoms with Crippen LogP contribution in [0.3, 0.4) is 0 Å². The molecule has 0 atom stereocenters. The predicted octanol–water partition coefficient (Wildman–Crippen LogP) is 5.02. The van der Waals surface area contributed by atoms with Crippen molar-refractivity contribution in [2.24, 2.45) is 0 Å². The Hall–Kier alpha value is -3.03. The Morgan fingerprint density at radius 1 is 0.967 bits per heavy atom. The molecule has 30 heavy (non-hydrogen) atoms. The number of anilines is 2. The lowest BCUT2D eigenvalue weighted by Crippen LogP contribution is -2.15. The number of hydrogen-bond acceptors (Lipinski definition) is 4. The van der Waals surface area contributed by atoms with Crippen molar-refractivity contribution in [3.05, 3.63) is 82.4 Å². The van der Waals surface area contributed by atoms with E-state index in [1.54, 1.807) is 67.6 Å². The fraction of sp³-hybridized carbons (Fsp3) is 0.136. The third kappa shape index (κ3) is 4.93. The molecule has 0 saturated carbocycles. The summed E-state index contributed by atoms with van der Waals surface area (Å²) in [5, 5.41) is 3.14. The Balaban J connectivity index is 1.76. The number of hydrogen-bond donors (Lipinski definition) is 2. The van der Waals surface area contributed by atoms with Crippen LogP contribution in [0.15, 0.2) is 65.6 Å². The summed E-state index contributed by atoms with van der Waals surface area (Å²) in [5.41, 5.74) is 2.90. The van der Waals surface area contributed by atoms with Crippen LogP contribution in [0, 0.1) is 13.8 Å². The van der Waals surface area contributed by atoms with Gasteiger partial charge in [-0.05, 0) is 67.9 Å². The van der Waals surface area contributed by atoms with E-state index in [-0.39, 0.29) is 10.8 Å². The quantitative estimate of drug-likeness (QED) is 0.559. The molecule has 0 saturated heterocycles. The largest absolute Gasteiger partial charge is 0.495 e. The van der Waals surface area contributed by atoms with Gasteiger partial charge in [0, 0.05) is 11.3 Å². The Morgan fingerprint density at radius 3 is 2.27 bits per heavy atom. The smallest absolute Gasteiger partial charge is 0.261 e. The van der Waals surface area contributed by atoms with Crippen LogP contribution < -0.4 is 14.8 Å². The lowest BCUT2D eigenvalue weighted by molar-refractivity contribution is 0.102. The summed E-state index contributed by atoms with van der Waals surface area (Å²) in [7, 11) is -2.21. The van der Waals surface area contributed by atoms with Crippen LogP contribution in [0.25, 0.3) is 0 Å². The molecule has 8 heteroatoms. The van der Waals surface area contributed by atoms with E-state index < -0.39 is 10.0 Å². The lowest BCUT2D eigenvalue weighted by atomic mass is 10.1. The van der Waals surface area contributed by atoms with Crippen LogP contribution >= 0.6 is 11.6 Å². The molecule has 0 aromatic heterocycles. The molecule has 0 aliphatic rings. The number of nitrogens with one attached hydrogen (secondary N) is 2. The van der Waals surface area contributed by atoms with Gasteiger partial charge >= 0.3 is 0 Å².